The summed E-state index contributed by atoms with van der Waals surface area (Å²) < 4.78 is 5.70. The van der Waals surface area contributed by atoms with E-state index in [2.05, 4.69) is 19.8 Å². The molecule has 8 nitrogen and oxygen atoms in total. The first-order valence-electron chi connectivity index (χ1n) is 4.80. The monoisotopic (exact) mass is 248 g/mol. The first-order valence-corrected chi connectivity index (χ1v) is 4.80. The summed E-state index contributed by atoms with van der Waals surface area (Å²) in [5.41, 5.74) is 0.403. The lowest BCUT2D eigenvalue weighted by atomic mass is 10.3. The first kappa shape index (κ1) is 11.7. The van der Waals surface area contributed by atoms with Gasteiger partial charge < -0.3 is 9.84 Å². The average molecular weight is 248 g/mol. The number of carbonyl (C=O) groups is 2. The zero-order chi connectivity index (χ0) is 13.1. The number of hydrogen-bond acceptors (Lipinski definition) is 6. The summed E-state index contributed by atoms with van der Waals surface area (Å²) in [6.07, 6.45) is 3.89. The van der Waals surface area contributed by atoms with E-state index in [1.165, 1.54) is 36.6 Å². The fourth-order valence-electron chi connectivity index (χ4n) is 1.24. The molecule has 0 bridgehead atoms. The third-order valence-electron chi connectivity index (χ3n) is 2.10. The van der Waals surface area contributed by atoms with E-state index in [-0.39, 0.29) is 11.4 Å². The Labute approximate surface area is 101 Å². The molecule has 0 saturated carbocycles. The maximum Gasteiger partial charge on any atom is 0.377 e. The predicted octanol–water partition coefficient (Wildman–Crippen LogP) is 0.147. The van der Waals surface area contributed by atoms with Crippen molar-refractivity contribution in [2.75, 3.05) is 7.11 Å². The molecule has 2 heterocycles. The number of aromatic nitrogens is 4. The number of nitrogens with zero attached hydrogens (tertiary/aromatic N) is 4. The van der Waals surface area contributed by atoms with Gasteiger partial charge in [-0.15, -0.1) is 5.10 Å². The second-order valence-electron chi connectivity index (χ2n) is 3.24. The van der Waals surface area contributed by atoms with Crippen LogP contribution in [0.25, 0.3) is 5.69 Å². The van der Waals surface area contributed by atoms with Gasteiger partial charge in [-0.3, -0.25) is 4.98 Å². The molecular weight excluding hydrogens is 240 g/mol. The van der Waals surface area contributed by atoms with Gasteiger partial charge in [-0.25, -0.2) is 19.3 Å². The summed E-state index contributed by atoms with van der Waals surface area (Å²) in [6.45, 7) is 0. The van der Waals surface area contributed by atoms with Gasteiger partial charge in [0.1, 0.15) is 6.33 Å². The largest absolute Gasteiger partial charge is 0.478 e. The topological polar surface area (TPSA) is 107 Å². The molecule has 1 N–H and O–H groups in total. The molecule has 8 heteroatoms. The highest BCUT2D eigenvalue weighted by Gasteiger charge is 2.13. The smallest absolute Gasteiger partial charge is 0.377 e. The van der Waals surface area contributed by atoms with Crippen LogP contribution in [0.15, 0.2) is 24.8 Å². The summed E-state index contributed by atoms with van der Waals surface area (Å²) >= 11 is 0. The van der Waals surface area contributed by atoms with E-state index in [0.717, 1.165) is 0 Å². The van der Waals surface area contributed by atoms with Crippen LogP contribution in [0.4, 0.5) is 0 Å². The summed E-state index contributed by atoms with van der Waals surface area (Å²) in [6, 6.07) is 1.37. The first-order chi connectivity index (χ1) is 8.61. The van der Waals surface area contributed by atoms with Gasteiger partial charge in [0, 0.05) is 6.20 Å². The van der Waals surface area contributed by atoms with Gasteiger partial charge in [-0.2, -0.15) is 0 Å². The number of hydrogen-bond donors (Lipinski definition) is 1. The van der Waals surface area contributed by atoms with Crippen molar-refractivity contribution in [2.24, 2.45) is 0 Å². The van der Waals surface area contributed by atoms with E-state index in [4.69, 9.17) is 5.11 Å². The zero-order valence-electron chi connectivity index (χ0n) is 9.27. The molecule has 2 rings (SSSR count). The summed E-state index contributed by atoms with van der Waals surface area (Å²) in [7, 11) is 1.22. The molecule has 0 aliphatic rings. The van der Waals surface area contributed by atoms with E-state index in [1.54, 1.807) is 0 Å². The Morgan fingerprint density at radius 3 is 2.83 bits per heavy atom. The van der Waals surface area contributed by atoms with Crippen molar-refractivity contribution in [1.82, 2.24) is 19.7 Å². The van der Waals surface area contributed by atoms with Crippen LogP contribution in [0, 0.1) is 0 Å². The lowest BCUT2D eigenvalue weighted by molar-refractivity contribution is 0.0586. The Hall–Kier alpha value is -2.77. The van der Waals surface area contributed by atoms with Crippen molar-refractivity contribution < 1.29 is 19.4 Å². The fourth-order valence-corrected chi connectivity index (χ4v) is 1.24. The molecule has 18 heavy (non-hydrogen) atoms. The van der Waals surface area contributed by atoms with E-state index >= 15 is 0 Å². The van der Waals surface area contributed by atoms with Crippen molar-refractivity contribution in [2.45, 2.75) is 0 Å². The third kappa shape index (κ3) is 2.17. The van der Waals surface area contributed by atoms with Gasteiger partial charge in [-0.1, -0.05) is 0 Å². The Kier molecular flexibility index (Phi) is 3.00. The number of carbonyl (C=O) groups excluding carboxylic acids is 1. The molecule has 92 valence electrons. The lowest BCUT2D eigenvalue weighted by Gasteiger charge is -2.00. The highest BCUT2D eigenvalue weighted by atomic mass is 16.5. The molecule has 0 radical (unpaired) electrons. The number of esters is 1. The van der Waals surface area contributed by atoms with Crippen molar-refractivity contribution in [1.29, 1.82) is 0 Å². The quantitative estimate of drug-likeness (QED) is 0.770. The number of carboxylic acid groups (broad SMARTS) is 1. The molecule has 0 fully saturated rings. The lowest BCUT2D eigenvalue weighted by Crippen LogP contribution is -2.06. The molecule has 0 spiro atoms. The predicted molar refractivity (Wildman–Crippen MR) is 57.5 cm³/mol. The summed E-state index contributed by atoms with van der Waals surface area (Å²) in [5.74, 6) is -1.88. The number of ether oxygens (including phenoxy) is 1. The molecule has 2 aromatic rings. The number of aromatic carboxylic acids is 1. The third-order valence-corrected chi connectivity index (χ3v) is 2.10. The minimum Gasteiger partial charge on any atom is -0.478 e. The Balaban J connectivity index is 2.37. The minimum atomic E-state index is -1.10. The van der Waals surface area contributed by atoms with E-state index in [1.807, 2.05) is 0 Å². The van der Waals surface area contributed by atoms with Crippen LogP contribution in [0.2, 0.25) is 0 Å². The van der Waals surface area contributed by atoms with Crippen LogP contribution in [-0.2, 0) is 4.74 Å². The second kappa shape index (κ2) is 4.62. The highest BCUT2D eigenvalue weighted by Crippen LogP contribution is 2.07. The SMILES string of the molecule is COC(=O)c1ncn(-c2cncc(C(=O)O)c2)n1. The second-order valence-corrected chi connectivity index (χ2v) is 3.24. The number of methoxy groups -OCH3 is 1. The molecule has 0 atom stereocenters. The van der Waals surface area contributed by atoms with Crippen LogP contribution in [0.3, 0.4) is 0 Å². The Morgan fingerprint density at radius 2 is 2.17 bits per heavy atom. The van der Waals surface area contributed by atoms with Gasteiger partial charge >= 0.3 is 11.9 Å². The number of pyridine rings is 1. The average Bonchev–Trinajstić information content (AvgIpc) is 2.87. The molecule has 0 unspecified atom stereocenters. The Morgan fingerprint density at radius 1 is 1.39 bits per heavy atom. The van der Waals surface area contributed by atoms with Gasteiger partial charge in [-0.05, 0) is 6.07 Å². The van der Waals surface area contributed by atoms with Crippen molar-refractivity contribution in [3.8, 4) is 5.69 Å². The Bertz CT molecular complexity index is 607. The molecule has 2 aromatic heterocycles. The maximum atomic E-state index is 11.2. The van der Waals surface area contributed by atoms with E-state index < -0.39 is 11.9 Å². The summed E-state index contributed by atoms with van der Waals surface area (Å²) in [5, 5.41) is 12.7. The zero-order valence-corrected chi connectivity index (χ0v) is 9.27. The molecule has 0 saturated heterocycles. The molecule has 0 aliphatic heterocycles. The standard InChI is InChI=1S/C10H8N4O4/c1-18-10(17)8-12-5-14(13-8)7-2-6(9(15)16)3-11-4-7/h2-5H,1H3,(H,15,16). The van der Waals surface area contributed by atoms with Crippen LogP contribution >= 0.6 is 0 Å². The van der Waals surface area contributed by atoms with Gasteiger partial charge in [0.2, 0.25) is 0 Å². The molecule has 0 aliphatic carbocycles. The van der Waals surface area contributed by atoms with E-state index in [9.17, 15) is 9.59 Å². The number of rotatable bonds is 3. The molecule has 0 aromatic carbocycles. The van der Waals surface area contributed by atoms with Crippen molar-refractivity contribution >= 4 is 11.9 Å². The van der Waals surface area contributed by atoms with Crippen LogP contribution in [0.5, 0.6) is 0 Å². The van der Waals surface area contributed by atoms with Gasteiger partial charge in [0.25, 0.3) is 5.82 Å². The van der Waals surface area contributed by atoms with Crippen LogP contribution in [0.1, 0.15) is 21.0 Å². The fraction of sp³-hybridized carbons (Fsp3) is 0.100. The van der Waals surface area contributed by atoms with Gasteiger partial charge in [0.05, 0.1) is 24.6 Å². The van der Waals surface area contributed by atoms with Crippen LogP contribution < -0.4 is 0 Å². The maximum absolute atomic E-state index is 11.2. The van der Waals surface area contributed by atoms with Crippen molar-refractivity contribution in [3.05, 3.63) is 36.2 Å². The number of carboxylic acids is 1. The highest BCUT2D eigenvalue weighted by molar-refractivity contribution is 5.87. The van der Waals surface area contributed by atoms with Gasteiger partial charge in [0.15, 0.2) is 0 Å². The van der Waals surface area contributed by atoms with E-state index in [0.29, 0.717) is 5.69 Å². The molecule has 0 amide bonds. The van der Waals surface area contributed by atoms with Crippen LogP contribution in [-0.4, -0.2) is 43.9 Å². The minimum absolute atomic E-state index is 0.0163. The van der Waals surface area contributed by atoms with Crippen molar-refractivity contribution in [3.63, 3.8) is 0 Å². The summed E-state index contributed by atoms with van der Waals surface area (Å²) in [4.78, 5) is 29.5. The normalized spacial score (nSPS) is 10.1. The molecular formula is C10H8N4O4.